The van der Waals surface area contributed by atoms with E-state index >= 15 is 0 Å². The molecule has 4 nitrogen and oxygen atoms in total. The number of benzene rings is 1. The van der Waals surface area contributed by atoms with Gasteiger partial charge in [0.15, 0.2) is 11.5 Å². The normalized spacial score (nSPS) is 14.2. The van der Waals surface area contributed by atoms with E-state index in [0.717, 1.165) is 40.8 Å². The molecule has 0 amide bonds. The van der Waals surface area contributed by atoms with Crippen LogP contribution in [0.3, 0.4) is 0 Å². The van der Waals surface area contributed by atoms with E-state index in [1.165, 1.54) is 25.7 Å². The zero-order chi connectivity index (χ0) is 17.2. The smallest absolute Gasteiger partial charge is 0.162 e. The predicted octanol–water partition coefficient (Wildman–Crippen LogP) is 4.46. The van der Waals surface area contributed by atoms with Crippen molar-refractivity contribution in [1.82, 2.24) is 5.32 Å². The first-order valence-electron chi connectivity index (χ1n) is 8.44. The van der Waals surface area contributed by atoms with Gasteiger partial charge in [-0.15, -0.1) is 0 Å². The molecule has 0 bridgehead atoms. The number of rotatable bonds is 6. The Morgan fingerprint density at radius 1 is 1.09 bits per heavy atom. The maximum Gasteiger partial charge on any atom is 0.162 e. The van der Waals surface area contributed by atoms with Gasteiger partial charge < -0.3 is 19.7 Å². The summed E-state index contributed by atoms with van der Waals surface area (Å²) >= 11 is 3.56. The molecule has 1 aliphatic carbocycles. The Hall–Kier alpha value is -0.940. The molecule has 1 aromatic rings. The average molecular weight is 387 g/mol. The molecule has 0 atom stereocenters. The van der Waals surface area contributed by atoms with Gasteiger partial charge in [-0.3, -0.25) is 0 Å². The third-order valence-electron chi connectivity index (χ3n) is 4.32. The topological polar surface area (TPSA) is 33.7 Å². The molecule has 0 heterocycles. The summed E-state index contributed by atoms with van der Waals surface area (Å²) in [6.45, 7) is 6.19. The fourth-order valence-electron chi connectivity index (χ4n) is 2.86. The second-order valence-corrected chi connectivity index (χ2v) is 6.46. The molecule has 0 unspecified atom stereocenters. The summed E-state index contributed by atoms with van der Waals surface area (Å²) in [7, 11) is 5.34. The number of ether oxygens (including phenoxy) is 2. The van der Waals surface area contributed by atoms with Gasteiger partial charge in [-0.05, 0) is 49.7 Å². The van der Waals surface area contributed by atoms with E-state index in [1.807, 2.05) is 12.1 Å². The molecule has 1 saturated carbocycles. The zero-order valence-electron chi connectivity index (χ0n) is 15.1. The first-order chi connectivity index (χ1) is 11.1. The molecular weight excluding hydrogens is 356 g/mol. The number of anilines is 1. The number of nitrogens with zero attached hydrogens (tertiary/aromatic N) is 1. The van der Waals surface area contributed by atoms with Crippen LogP contribution in [0, 0.1) is 0 Å². The van der Waals surface area contributed by atoms with Crippen molar-refractivity contribution in [2.24, 2.45) is 0 Å². The van der Waals surface area contributed by atoms with Gasteiger partial charge in [0, 0.05) is 35.7 Å². The summed E-state index contributed by atoms with van der Waals surface area (Å²) in [5.74, 6) is 1.50. The van der Waals surface area contributed by atoms with Crippen LogP contribution in [0.5, 0.6) is 11.5 Å². The molecule has 2 rings (SSSR count). The molecule has 23 heavy (non-hydrogen) atoms. The highest BCUT2D eigenvalue weighted by Gasteiger charge is 2.13. The molecule has 0 aliphatic heterocycles. The fraction of sp³-hybridized carbons (Fsp3) is 0.667. The van der Waals surface area contributed by atoms with E-state index in [4.69, 9.17) is 9.47 Å². The fourth-order valence-corrected chi connectivity index (χ4v) is 3.44. The second-order valence-electron chi connectivity index (χ2n) is 5.60. The van der Waals surface area contributed by atoms with Crippen LogP contribution in [0.1, 0.15) is 39.5 Å². The Balaban J connectivity index is 0.000000313. The van der Waals surface area contributed by atoms with Crippen molar-refractivity contribution < 1.29 is 9.47 Å². The molecule has 0 radical (unpaired) electrons. The molecule has 1 fully saturated rings. The van der Waals surface area contributed by atoms with Crippen molar-refractivity contribution in [3.63, 3.8) is 0 Å². The average Bonchev–Trinajstić information content (AvgIpc) is 3.11. The van der Waals surface area contributed by atoms with Crippen LogP contribution < -0.4 is 19.7 Å². The standard InChI is InChI=1S/C12H18BrNO2.C6H13N/c1-5-14(6-2)10-8-12(16-4)11(15-3)7-9(10)13;1-7-6-4-2-3-5-6/h7-8H,5-6H2,1-4H3;6-7H,2-5H2,1H3. The van der Waals surface area contributed by atoms with Gasteiger partial charge >= 0.3 is 0 Å². The first kappa shape index (κ1) is 20.1. The van der Waals surface area contributed by atoms with Crippen LogP contribution in [0.25, 0.3) is 0 Å². The predicted molar refractivity (Wildman–Crippen MR) is 102 cm³/mol. The van der Waals surface area contributed by atoms with Crippen molar-refractivity contribution in [1.29, 1.82) is 0 Å². The lowest BCUT2D eigenvalue weighted by Crippen LogP contribution is -2.22. The Kier molecular flexibility index (Phi) is 9.41. The number of nitrogens with one attached hydrogen (secondary N) is 1. The van der Waals surface area contributed by atoms with Crippen LogP contribution in [0.4, 0.5) is 5.69 Å². The zero-order valence-corrected chi connectivity index (χ0v) is 16.7. The molecule has 0 saturated heterocycles. The third kappa shape index (κ3) is 5.88. The van der Waals surface area contributed by atoms with Gasteiger partial charge in [0.05, 0.1) is 19.9 Å². The summed E-state index contributed by atoms with van der Waals surface area (Å²) in [5.41, 5.74) is 1.13. The summed E-state index contributed by atoms with van der Waals surface area (Å²) in [6.07, 6.45) is 5.67. The van der Waals surface area contributed by atoms with Gasteiger partial charge in [-0.1, -0.05) is 12.8 Å². The number of hydrogen-bond acceptors (Lipinski definition) is 4. The molecule has 0 aromatic heterocycles. The van der Waals surface area contributed by atoms with Crippen LogP contribution in [0.2, 0.25) is 0 Å². The third-order valence-corrected chi connectivity index (χ3v) is 4.96. The first-order valence-corrected chi connectivity index (χ1v) is 9.24. The number of halogens is 1. The second kappa shape index (κ2) is 10.8. The minimum Gasteiger partial charge on any atom is -0.493 e. The lowest BCUT2D eigenvalue weighted by atomic mass is 10.2. The SMILES string of the molecule is CCN(CC)c1cc(OC)c(OC)cc1Br.CNC1CCCC1. The number of methoxy groups -OCH3 is 2. The largest absolute Gasteiger partial charge is 0.493 e. The van der Waals surface area contributed by atoms with E-state index in [0.29, 0.717) is 0 Å². The molecule has 1 aliphatic rings. The molecule has 5 heteroatoms. The van der Waals surface area contributed by atoms with Gasteiger partial charge in [0.2, 0.25) is 0 Å². The Morgan fingerprint density at radius 2 is 1.61 bits per heavy atom. The van der Waals surface area contributed by atoms with E-state index in [2.05, 4.69) is 47.0 Å². The summed E-state index contributed by atoms with van der Waals surface area (Å²) in [6, 6.07) is 4.78. The Labute approximate surface area is 149 Å². The molecule has 1 aromatic carbocycles. The number of hydrogen-bond donors (Lipinski definition) is 1. The quantitative estimate of drug-likeness (QED) is 0.782. The van der Waals surface area contributed by atoms with E-state index in [9.17, 15) is 0 Å². The molecule has 1 N–H and O–H groups in total. The lowest BCUT2D eigenvalue weighted by molar-refractivity contribution is 0.354. The van der Waals surface area contributed by atoms with E-state index in [1.54, 1.807) is 14.2 Å². The highest BCUT2D eigenvalue weighted by Crippen LogP contribution is 2.37. The van der Waals surface area contributed by atoms with Crippen molar-refractivity contribution >= 4 is 21.6 Å². The molecule has 132 valence electrons. The highest BCUT2D eigenvalue weighted by atomic mass is 79.9. The van der Waals surface area contributed by atoms with Crippen LogP contribution >= 0.6 is 15.9 Å². The van der Waals surface area contributed by atoms with Crippen LogP contribution in [-0.2, 0) is 0 Å². The lowest BCUT2D eigenvalue weighted by Gasteiger charge is -2.23. The van der Waals surface area contributed by atoms with Gasteiger partial charge in [-0.25, -0.2) is 0 Å². The van der Waals surface area contributed by atoms with Gasteiger partial charge in [0.1, 0.15) is 0 Å². The summed E-state index contributed by atoms with van der Waals surface area (Å²) < 4.78 is 11.6. The Morgan fingerprint density at radius 3 is 2.00 bits per heavy atom. The summed E-state index contributed by atoms with van der Waals surface area (Å²) in [4.78, 5) is 2.26. The van der Waals surface area contributed by atoms with Crippen LogP contribution in [-0.4, -0.2) is 40.4 Å². The summed E-state index contributed by atoms with van der Waals surface area (Å²) in [5, 5.41) is 3.26. The maximum atomic E-state index is 5.30. The molecule has 0 spiro atoms. The van der Waals surface area contributed by atoms with E-state index in [-0.39, 0.29) is 0 Å². The minimum atomic E-state index is 0.741. The maximum absolute atomic E-state index is 5.30. The van der Waals surface area contributed by atoms with Crippen molar-refractivity contribution in [2.45, 2.75) is 45.6 Å². The molecular formula is C18H31BrN2O2. The minimum absolute atomic E-state index is 0.741. The van der Waals surface area contributed by atoms with Crippen molar-refractivity contribution in [3.8, 4) is 11.5 Å². The highest BCUT2D eigenvalue weighted by molar-refractivity contribution is 9.10. The van der Waals surface area contributed by atoms with E-state index < -0.39 is 0 Å². The Bertz CT molecular complexity index is 459. The van der Waals surface area contributed by atoms with Gasteiger partial charge in [0.25, 0.3) is 0 Å². The van der Waals surface area contributed by atoms with Crippen molar-refractivity contribution in [2.75, 3.05) is 39.3 Å². The van der Waals surface area contributed by atoms with Crippen LogP contribution in [0.15, 0.2) is 16.6 Å². The monoisotopic (exact) mass is 386 g/mol. The van der Waals surface area contributed by atoms with Crippen molar-refractivity contribution in [3.05, 3.63) is 16.6 Å². The van der Waals surface area contributed by atoms with Gasteiger partial charge in [-0.2, -0.15) is 0 Å².